The minimum absolute atomic E-state index is 0.0487. The molecule has 3 N–H and O–H groups in total. The Kier molecular flexibility index (Phi) is 4.53. The van der Waals surface area contributed by atoms with Crippen molar-refractivity contribution in [2.45, 2.75) is 58.5 Å². The lowest BCUT2D eigenvalue weighted by atomic mass is 9.87. The fourth-order valence-corrected chi connectivity index (χ4v) is 3.14. The molecule has 1 fully saturated rings. The molecule has 2 atom stereocenters. The maximum Gasteiger partial charge on any atom is 0.224 e. The van der Waals surface area contributed by atoms with E-state index < -0.39 is 0 Å². The topological polar surface area (TPSA) is 62.1 Å². The van der Waals surface area contributed by atoms with Gasteiger partial charge in [-0.25, -0.2) is 0 Å². The highest BCUT2D eigenvalue weighted by Crippen LogP contribution is 2.32. The number of nitrogens with two attached hydrogens (primary N) is 1. The number of hydrogen-bond donors (Lipinski definition) is 2. The molecule has 1 amide bonds. The first-order valence-corrected chi connectivity index (χ1v) is 7.55. The maximum atomic E-state index is 12.5. The van der Waals surface area contributed by atoms with Crippen molar-refractivity contribution in [2.24, 2.45) is 11.1 Å². The Hall–Kier alpha value is -1.29. The van der Waals surface area contributed by atoms with Crippen molar-refractivity contribution in [1.82, 2.24) is 9.88 Å². The van der Waals surface area contributed by atoms with Crippen LogP contribution in [-0.2, 0) is 4.79 Å². The van der Waals surface area contributed by atoms with Crippen LogP contribution in [0.3, 0.4) is 0 Å². The molecule has 0 aromatic carbocycles. The molecule has 20 heavy (non-hydrogen) atoms. The van der Waals surface area contributed by atoms with Crippen LogP contribution >= 0.6 is 0 Å². The van der Waals surface area contributed by atoms with E-state index in [1.807, 2.05) is 17.2 Å². The fourth-order valence-electron chi connectivity index (χ4n) is 3.14. The van der Waals surface area contributed by atoms with Crippen LogP contribution in [0.25, 0.3) is 0 Å². The lowest BCUT2D eigenvalue weighted by molar-refractivity contribution is -0.132. The number of nitrogens with one attached hydrogen (secondary N) is 1. The van der Waals surface area contributed by atoms with Crippen LogP contribution in [0, 0.1) is 5.41 Å². The first-order chi connectivity index (χ1) is 9.37. The highest BCUT2D eigenvalue weighted by Gasteiger charge is 2.31. The van der Waals surface area contributed by atoms with E-state index >= 15 is 0 Å². The summed E-state index contributed by atoms with van der Waals surface area (Å²) in [5.41, 5.74) is 7.45. The maximum absolute atomic E-state index is 12.5. The number of carbonyl (C=O) groups is 1. The van der Waals surface area contributed by atoms with E-state index in [-0.39, 0.29) is 23.4 Å². The molecule has 2 unspecified atom stereocenters. The first kappa shape index (κ1) is 15.1. The predicted molar refractivity (Wildman–Crippen MR) is 81.1 cm³/mol. The standard InChI is InChI=1S/C16H27N3O/c1-16(2,3)11-12(17)10-15(20)19-9-5-7-14(19)13-6-4-8-18-13/h4,6,8,12,14,18H,5,7,9-11,17H2,1-3H3. The largest absolute Gasteiger partial charge is 0.363 e. The fraction of sp³-hybridized carbons (Fsp3) is 0.688. The second-order valence-electron chi connectivity index (χ2n) is 7.10. The molecule has 4 heteroatoms. The van der Waals surface area contributed by atoms with Crippen molar-refractivity contribution in [3.05, 3.63) is 24.0 Å². The summed E-state index contributed by atoms with van der Waals surface area (Å²) < 4.78 is 0. The second kappa shape index (κ2) is 6.00. The van der Waals surface area contributed by atoms with Gasteiger partial charge in [0.15, 0.2) is 0 Å². The third-order valence-electron chi connectivity index (χ3n) is 3.87. The normalized spacial score (nSPS) is 21.2. The third-order valence-corrected chi connectivity index (χ3v) is 3.87. The van der Waals surface area contributed by atoms with Crippen LogP contribution in [0.2, 0.25) is 0 Å². The van der Waals surface area contributed by atoms with Gasteiger partial charge >= 0.3 is 0 Å². The zero-order valence-electron chi connectivity index (χ0n) is 12.9. The smallest absolute Gasteiger partial charge is 0.224 e. The van der Waals surface area contributed by atoms with Gasteiger partial charge in [-0.1, -0.05) is 20.8 Å². The average molecular weight is 277 g/mol. The van der Waals surface area contributed by atoms with Gasteiger partial charge in [0, 0.05) is 30.9 Å². The molecule has 1 aromatic heterocycles. The number of rotatable bonds is 4. The number of aromatic amines is 1. The molecule has 2 rings (SSSR count). The van der Waals surface area contributed by atoms with Crippen LogP contribution in [0.15, 0.2) is 18.3 Å². The third kappa shape index (κ3) is 3.85. The summed E-state index contributed by atoms with van der Waals surface area (Å²) in [4.78, 5) is 17.7. The van der Waals surface area contributed by atoms with Crippen molar-refractivity contribution < 1.29 is 4.79 Å². The van der Waals surface area contributed by atoms with Crippen LogP contribution in [0.4, 0.5) is 0 Å². The molecule has 2 heterocycles. The summed E-state index contributed by atoms with van der Waals surface area (Å²) in [5, 5.41) is 0. The van der Waals surface area contributed by atoms with E-state index in [9.17, 15) is 4.79 Å². The second-order valence-corrected chi connectivity index (χ2v) is 7.10. The SMILES string of the molecule is CC(C)(C)CC(N)CC(=O)N1CCCC1c1ccc[nH]1. The number of likely N-dealkylation sites (tertiary alicyclic amines) is 1. The zero-order valence-corrected chi connectivity index (χ0v) is 12.9. The van der Waals surface area contributed by atoms with Crippen LogP contribution in [0.5, 0.6) is 0 Å². The molecular weight excluding hydrogens is 250 g/mol. The molecule has 1 aliphatic heterocycles. The number of hydrogen-bond acceptors (Lipinski definition) is 2. The van der Waals surface area contributed by atoms with Crippen molar-refractivity contribution >= 4 is 5.91 Å². The van der Waals surface area contributed by atoms with Crippen molar-refractivity contribution in [3.8, 4) is 0 Å². The van der Waals surface area contributed by atoms with Gasteiger partial charge in [0.05, 0.1) is 6.04 Å². The van der Waals surface area contributed by atoms with Gasteiger partial charge in [-0.05, 0) is 36.8 Å². The van der Waals surface area contributed by atoms with Gasteiger partial charge in [-0.15, -0.1) is 0 Å². The van der Waals surface area contributed by atoms with Gasteiger partial charge in [0.25, 0.3) is 0 Å². The van der Waals surface area contributed by atoms with E-state index in [1.165, 1.54) is 0 Å². The Morgan fingerprint density at radius 3 is 2.90 bits per heavy atom. The van der Waals surface area contributed by atoms with Crippen LogP contribution < -0.4 is 5.73 Å². The summed E-state index contributed by atoms with van der Waals surface area (Å²) in [6.07, 6.45) is 5.36. The molecule has 0 saturated carbocycles. The summed E-state index contributed by atoms with van der Waals surface area (Å²) in [6, 6.07) is 4.21. The molecule has 0 spiro atoms. The van der Waals surface area contributed by atoms with Crippen molar-refractivity contribution in [3.63, 3.8) is 0 Å². The molecule has 0 aliphatic carbocycles. The lowest BCUT2D eigenvalue weighted by Crippen LogP contribution is -2.37. The van der Waals surface area contributed by atoms with Gasteiger partial charge < -0.3 is 15.6 Å². The quantitative estimate of drug-likeness (QED) is 0.889. The summed E-state index contributed by atoms with van der Waals surface area (Å²) in [7, 11) is 0. The minimum Gasteiger partial charge on any atom is -0.363 e. The van der Waals surface area contributed by atoms with E-state index in [4.69, 9.17) is 5.73 Å². The number of nitrogens with zero attached hydrogens (tertiary/aromatic N) is 1. The summed E-state index contributed by atoms with van der Waals surface area (Å²) in [5.74, 6) is 0.193. The molecule has 1 aromatic rings. The van der Waals surface area contributed by atoms with E-state index in [2.05, 4.69) is 31.8 Å². The lowest BCUT2D eigenvalue weighted by Gasteiger charge is -2.27. The van der Waals surface area contributed by atoms with Gasteiger partial charge in [-0.3, -0.25) is 4.79 Å². The minimum atomic E-state index is -0.0487. The van der Waals surface area contributed by atoms with Crippen molar-refractivity contribution in [1.29, 1.82) is 0 Å². The number of aromatic nitrogens is 1. The molecule has 0 radical (unpaired) electrons. The highest BCUT2D eigenvalue weighted by molar-refractivity contribution is 5.77. The Morgan fingerprint density at radius 2 is 2.30 bits per heavy atom. The first-order valence-electron chi connectivity index (χ1n) is 7.55. The van der Waals surface area contributed by atoms with Gasteiger partial charge in [0.1, 0.15) is 0 Å². The van der Waals surface area contributed by atoms with Crippen LogP contribution in [0.1, 0.15) is 58.2 Å². The Labute approximate surface area is 121 Å². The molecule has 112 valence electrons. The predicted octanol–water partition coefficient (Wildman–Crippen LogP) is 2.83. The van der Waals surface area contributed by atoms with Crippen LogP contribution in [-0.4, -0.2) is 28.4 Å². The molecule has 4 nitrogen and oxygen atoms in total. The summed E-state index contributed by atoms with van der Waals surface area (Å²) >= 11 is 0. The van der Waals surface area contributed by atoms with E-state index in [1.54, 1.807) is 0 Å². The van der Waals surface area contributed by atoms with Gasteiger partial charge in [0.2, 0.25) is 5.91 Å². The molecule has 1 aliphatic rings. The molecule has 1 saturated heterocycles. The molecular formula is C16H27N3O. The number of carbonyl (C=O) groups excluding carboxylic acids is 1. The highest BCUT2D eigenvalue weighted by atomic mass is 16.2. The van der Waals surface area contributed by atoms with E-state index in [0.29, 0.717) is 6.42 Å². The Balaban J connectivity index is 1.95. The number of H-pyrrole nitrogens is 1. The van der Waals surface area contributed by atoms with E-state index in [0.717, 1.165) is 31.5 Å². The average Bonchev–Trinajstić information content (AvgIpc) is 2.97. The van der Waals surface area contributed by atoms with Gasteiger partial charge in [-0.2, -0.15) is 0 Å². The Morgan fingerprint density at radius 1 is 1.55 bits per heavy atom. The monoisotopic (exact) mass is 277 g/mol. The Bertz CT molecular complexity index is 433. The summed E-state index contributed by atoms with van der Waals surface area (Å²) in [6.45, 7) is 7.34. The van der Waals surface area contributed by atoms with Crippen molar-refractivity contribution in [2.75, 3.05) is 6.54 Å². The molecule has 0 bridgehead atoms. The zero-order chi connectivity index (χ0) is 14.8. The number of amides is 1.